The van der Waals surface area contributed by atoms with E-state index < -0.39 is 12.0 Å². The van der Waals surface area contributed by atoms with Crippen molar-refractivity contribution in [3.63, 3.8) is 0 Å². The summed E-state index contributed by atoms with van der Waals surface area (Å²) in [6.45, 7) is 2.05. The molecular formula is C19H22N2O3. The van der Waals surface area contributed by atoms with Gasteiger partial charge in [0.25, 0.3) is 0 Å². The summed E-state index contributed by atoms with van der Waals surface area (Å²) in [6, 6.07) is 18.3. The van der Waals surface area contributed by atoms with Crippen LogP contribution < -0.4 is 4.90 Å². The Bertz CT molecular complexity index is 674. The predicted molar refractivity (Wildman–Crippen MR) is 93.8 cm³/mol. The minimum atomic E-state index is -1.04. The van der Waals surface area contributed by atoms with E-state index in [0.717, 1.165) is 5.56 Å². The molecule has 126 valence electrons. The fraction of sp³-hybridized carbons (Fsp3) is 0.263. The topological polar surface area (TPSA) is 60.9 Å². The molecule has 5 nitrogen and oxygen atoms in total. The average molecular weight is 326 g/mol. The van der Waals surface area contributed by atoms with Gasteiger partial charge in [0.15, 0.2) is 0 Å². The minimum absolute atomic E-state index is 0.234. The maximum Gasteiger partial charge on any atom is 0.323 e. The van der Waals surface area contributed by atoms with Crippen LogP contribution >= 0.6 is 0 Å². The molecule has 1 atom stereocenters. The van der Waals surface area contributed by atoms with Gasteiger partial charge in [-0.2, -0.15) is 0 Å². The first-order valence-corrected chi connectivity index (χ1v) is 7.81. The Kier molecular flexibility index (Phi) is 6.09. The molecule has 24 heavy (non-hydrogen) atoms. The minimum Gasteiger partial charge on any atom is -0.480 e. The Hall–Kier alpha value is -2.66. The Morgan fingerprint density at radius 1 is 1.00 bits per heavy atom. The first-order valence-electron chi connectivity index (χ1n) is 7.81. The van der Waals surface area contributed by atoms with Crippen LogP contribution in [0.3, 0.4) is 0 Å². The van der Waals surface area contributed by atoms with Crippen molar-refractivity contribution < 1.29 is 14.7 Å². The van der Waals surface area contributed by atoms with Crippen LogP contribution in [0.25, 0.3) is 0 Å². The maximum absolute atomic E-state index is 12.8. The quantitative estimate of drug-likeness (QED) is 0.850. The van der Waals surface area contributed by atoms with E-state index >= 15 is 0 Å². The van der Waals surface area contributed by atoms with Crippen LogP contribution in [-0.4, -0.2) is 41.5 Å². The molecule has 0 saturated heterocycles. The summed E-state index contributed by atoms with van der Waals surface area (Å²) < 4.78 is 0. The molecule has 0 saturated carbocycles. The number of para-hydroxylation sites is 1. The van der Waals surface area contributed by atoms with E-state index in [2.05, 4.69) is 0 Å². The number of nitrogens with zero attached hydrogens (tertiary/aromatic N) is 2. The summed E-state index contributed by atoms with van der Waals surface area (Å²) in [5.41, 5.74) is 1.69. The van der Waals surface area contributed by atoms with Gasteiger partial charge in [-0.3, -0.25) is 19.4 Å². The van der Waals surface area contributed by atoms with Crippen LogP contribution in [0.5, 0.6) is 0 Å². The molecule has 2 rings (SSSR count). The molecule has 2 aromatic carbocycles. The number of carboxylic acids is 1. The third kappa shape index (κ3) is 4.67. The number of hydrogen-bond acceptors (Lipinski definition) is 3. The Morgan fingerprint density at radius 2 is 1.54 bits per heavy atom. The molecule has 2 aromatic rings. The van der Waals surface area contributed by atoms with E-state index in [4.69, 9.17) is 5.11 Å². The molecule has 0 heterocycles. The van der Waals surface area contributed by atoms with Crippen molar-refractivity contribution in [3.8, 4) is 0 Å². The highest BCUT2D eigenvalue weighted by molar-refractivity contribution is 6.00. The normalized spacial score (nSPS) is 12.0. The summed E-state index contributed by atoms with van der Waals surface area (Å²) in [4.78, 5) is 27.2. The zero-order valence-electron chi connectivity index (χ0n) is 13.9. The second-order valence-corrected chi connectivity index (χ2v) is 5.73. The number of aliphatic carboxylic acids is 1. The largest absolute Gasteiger partial charge is 0.480 e. The molecule has 0 aliphatic heterocycles. The molecule has 0 radical (unpaired) electrons. The van der Waals surface area contributed by atoms with Crippen LogP contribution in [0.2, 0.25) is 0 Å². The van der Waals surface area contributed by atoms with Crippen LogP contribution in [0.1, 0.15) is 12.5 Å². The fourth-order valence-corrected chi connectivity index (χ4v) is 2.46. The van der Waals surface area contributed by atoms with Crippen molar-refractivity contribution in [1.82, 2.24) is 4.90 Å². The van der Waals surface area contributed by atoms with E-state index in [1.807, 2.05) is 48.3 Å². The molecule has 0 fully saturated rings. The van der Waals surface area contributed by atoms with Gasteiger partial charge in [-0.05, 0) is 31.7 Å². The van der Waals surface area contributed by atoms with Crippen LogP contribution in [0.4, 0.5) is 5.69 Å². The number of carbonyl (C=O) groups excluding carboxylic acids is 1. The van der Waals surface area contributed by atoms with Crippen molar-refractivity contribution in [3.05, 3.63) is 66.2 Å². The van der Waals surface area contributed by atoms with E-state index in [0.29, 0.717) is 12.2 Å². The lowest BCUT2D eigenvalue weighted by Crippen LogP contribution is -2.47. The number of likely N-dealkylation sites (N-methyl/N-ethyl adjacent to an activating group) is 1. The highest BCUT2D eigenvalue weighted by Crippen LogP contribution is 2.16. The van der Waals surface area contributed by atoms with Gasteiger partial charge in [0, 0.05) is 12.2 Å². The molecular weight excluding hydrogens is 304 g/mol. The lowest BCUT2D eigenvalue weighted by Gasteiger charge is -2.29. The Morgan fingerprint density at radius 3 is 2.08 bits per heavy atom. The van der Waals surface area contributed by atoms with Gasteiger partial charge in [0.2, 0.25) is 5.91 Å². The predicted octanol–water partition coefficient (Wildman–Crippen LogP) is 2.62. The average Bonchev–Trinajstić information content (AvgIpc) is 2.60. The number of hydrogen-bond donors (Lipinski definition) is 1. The zero-order valence-corrected chi connectivity index (χ0v) is 13.9. The Labute approximate surface area is 142 Å². The number of benzene rings is 2. The monoisotopic (exact) mass is 326 g/mol. The smallest absolute Gasteiger partial charge is 0.323 e. The summed E-state index contributed by atoms with van der Waals surface area (Å²) >= 11 is 0. The number of rotatable bonds is 7. The molecule has 1 N–H and O–H groups in total. The third-order valence-electron chi connectivity index (χ3n) is 3.92. The first kappa shape index (κ1) is 17.7. The zero-order chi connectivity index (χ0) is 17.5. The lowest BCUT2D eigenvalue weighted by atomic mass is 10.1. The molecule has 0 bridgehead atoms. The Balaban J connectivity index is 2.14. The molecule has 1 amide bonds. The summed E-state index contributed by atoms with van der Waals surface area (Å²) in [5, 5.41) is 9.14. The maximum atomic E-state index is 12.8. The van der Waals surface area contributed by atoms with Gasteiger partial charge < -0.3 is 5.11 Å². The highest BCUT2D eigenvalue weighted by atomic mass is 16.4. The number of carbonyl (C=O) groups is 2. The molecule has 0 aliphatic rings. The van der Waals surface area contributed by atoms with E-state index in [1.54, 1.807) is 31.2 Å². The second kappa shape index (κ2) is 8.26. The van der Waals surface area contributed by atoms with Gasteiger partial charge in [-0.15, -0.1) is 0 Å². The van der Waals surface area contributed by atoms with Crippen molar-refractivity contribution in [2.75, 3.05) is 18.5 Å². The highest BCUT2D eigenvalue weighted by Gasteiger charge is 2.26. The molecule has 0 aliphatic carbocycles. The van der Waals surface area contributed by atoms with Gasteiger partial charge >= 0.3 is 5.97 Å². The van der Waals surface area contributed by atoms with Crippen molar-refractivity contribution >= 4 is 17.6 Å². The lowest BCUT2D eigenvalue weighted by molar-refractivity contribution is -0.137. The van der Waals surface area contributed by atoms with Crippen molar-refractivity contribution in [2.24, 2.45) is 0 Å². The standard InChI is InChI=1S/C19H22N2O3/c1-15(20(2)13-16-9-5-3-6-10-16)19(24)21(14-18(22)23)17-11-7-4-8-12-17/h3-12,15H,13-14H2,1-2H3,(H,22,23). The summed E-state index contributed by atoms with van der Waals surface area (Å²) in [7, 11) is 1.86. The van der Waals surface area contributed by atoms with Crippen LogP contribution in [0, 0.1) is 0 Å². The van der Waals surface area contributed by atoms with Gasteiger partial charge in [0.1, 0.15) is 6.54 Å². The summed E-state index contributed by atoms with van der Waals surface area (Å²) in [5.74, 6) is -1.27. The van der Waals surface area contributed by atoms with Crippen molar-refractivity contribution in [1.29, 1.82) is 0 Å². The van der Waals surface area contributed by atoms with Gasteiger partial charge in [0.05, 0.1) is 6.04 Å². The molecule has 5 heteroatoms. The van der Waals surface area contributed by atoms with E-state index in [9.17, 15) is 9.59 Å². The SMILES string of the molecule is CC(C(=O)N(CC(=O)O)c1ccccc1)N(C)Cc1ccccc1. The summed E-state index contributed by atoms with van der Waals surface area (Å²) in [6.07, 6.45) is 0. The van der Waals surface area contributed by atoms with Crippen molar-refractivity contribution in [2.45, 2.75) is 19.5 Å². The number of anilines is 1. The number of amides is 1. The molecule has 1 unspecified atom stereocenters. The van der Waals surface area contributed by atoms with E-state index in [1.165, 1.54) is 4.90 Å². The second-order valence-electron chi connectivity index (χ2n) is 5.73. The fourth-order valence-electron chi connectivity index (χ4n) is 2.46. The van der Waals surface area contributed by atoms with Gasteiger partial charge in [-0.1, -0.05) is 48.5 Å². The molecule has 0 spiro atoms. The van der Waals surface area contributed by atoms with Crippen LogP contribution in [-0.2, 0) is 16.1 Å². The van der Waals surface area contributed by atoms with E-state index in [-0.39, 0.29) is 12.5 Å². The van der Waals surface area contributed by atoms with Gasteiger partial charge in [-0.25, -0.2) is 0 Å². The third-order valence-corrected chi connectivity index (χ3v) is 3.92. The first-order chi connectivity index (χ1) is 11.5. The molecule has 0 aromatic heterocycles. The number of carboxylic acid groups (broad SMARTS) is 1. The van der Waals surface area contributed by atoms with Crippen LogP contribution in [0.15, 0.2) is 60.7 Å².